The van der Waals surface area contributed by atoms with Crippen LogP contribution in [0.5, 0.6) is 5.75 Å². The quantitative estimate of drug-likeness (QED) is 0.616. The Balaban J connectivity index is 1.82. The van der Waals surface area contributed by atoms with Gasteiger partial charge in [0.2, 0.25) is 0 Å². The molecular weight excluding hydrogens is 272 g/mol. The summed E-state index contributed by atoms with van der Waals surface area (Å²) < 4.78 is 5.62. The van der Waals surface area contributed by atoms with Gasteiger partial charge < -0.3 is 9.84 Å². The van der Waals surface area contributed by atoms with Crippen molar-refractivity contribution in [2.24, 2.45) is 0 Å². The van der Waals surface area contributed by atoms with E-state index < -0.39 is 4.92 Å². The second-order valence-corrected chi connectivity index (χ2v) is 5.30. The summed E-state index contributed by atoms with van der Waals surface area (Å²) in [4.78, 5) is 12.6. The molecule has 0 radical (unpaired) electrons. The Labute approximate surface area is 124 Å². The predicted molar refractivity (Wildman–Crippen MR) is 79.5 cm³/mol. The molecule has 21 heavy (non-hydrogen) atoms. The minimum Gasteiger partial charge on any atom is -0.492 e. The molecule has 1 aromatic rings. The highest BCUT2D eigenvalue weighted by Gasteiger charge is 2.21. The van der Waals surface area contributed by atoms with E-state index in [9.17, 15) is 10.1 Å². The number of non-ortho nitro benzene ring substituents is 1. The van der Waals surface area contributed by atoms with E-state index in [4.69, 9.17) is 9.84 Å². The molecule has 1 atom stereocenters. The molecule has 1 aliphatic heterocycles. The second kappa shape index (κ2) is 7.95. The maximum atomic E-state index is 10.7. The minimum absolute atomic E-state index is 0.0450. The number of aliphatic hydroxyl groups excluding tert-OH is 1. The molecule has 1 N–H and O–H groups in total. The summed E-state index contributed by atoms with van der Waals surface area (Å²) in [5.41, 5.74) is 0.0450. The van der Waals surface area contributed by atoms with E-state index >= 15 is 0 Å². The molecule has 0 aliphatic carbocycles. The summed E-state index contributed by atoms with van der Waals surface area (Å²) >= 11 is 0. The molecule has 0 amide bonds. The number of likely N-dealkylation sites (tertiary alicyclic amines) is 1. The van der Waals surface area contributed by atoms with Crippen LogP contribution in [0.25, 0.3) is 0 Å². The van der Waals surface area contributed by atoms with Crippen LogP contribution in [0, 0.1) is 10.1 Å². The Morgan fingerprint density at radius 2 is 2.29 bits per heavy atom. The lowest BCUT2D eigenvalue weighted by molar-refractivity contribution is -0.384. The van der Waals surface area contributed by atoms with Gasteiger partial charge in [0.1, 0.15) is 12.4 Å². The molecule has 0 saturated carbocycles. The topological polar surface area (TPSA) is 75.8 Å². The molecule has 116 valence electrons. The van der Waals surface area contributed by atoms with Crippen molar-refractivity contribution < 1.29 is 14.8 Å². The van der Waals surface area contributed by atoms with Gasteiger partial charge in [0.25, 0.3) is 5.69 Å². The van der Waals surface area contributed by atoms with Crippen molar-refractivity contribution in [3.05, 3.63) is 34.4 Å². The smallest absolute Gasteiger partial charge is 0.273 e. The second-order valence-electron chi connectivity index (χ2n) is 5.30. The fourth-order valence-corrected chi connectivity index (χ4v) is 2.80. The molecule has 0 bridgehead atoms. The number of nitro benzene ring substituents is 1. The van der Waals surface area contributed by atoms with E-state index in [1.54, 1.807) is 12.1 Å². The first-order chi connectivity index (χ1) is 10.2. The van der Waals surface area contributed by atoms with E-state index in [0.29, 0.717) is 18.4 Å². The minimum atomic E-state index is -0.422. The lowest BCUT2D eigenvalue weighted by Crippen LogP contribution is -2.42. The van der Waals surface area contributed by atoms with Gasteiger partial charge in [-0.15, -0.1) is 0 Å². The largest absolute Gasteiger partial charge is 0.492 e. The Bertz CT molecular complexity index is 465. The highest BCUT2D eigenvalue weighted by molar-refractivity contribution is 5.37. The first-order valence-electron chi connectivity index (χ1n) is 7.43. The van der Waals surface area contributed by atoms with Crippen LogP contribution >= 0.6 is 0 Å². The molecule has 1 saturated heterocycles. The Morgan fingerprint density at radius 1 is 1.43 bits per heavy atom. The summed E-state index contributed by atoms with van der Waals surface area (Å²) in [5, 5.41) is 19.8. The van der Waals surface area contributed by atoms with Crippen LogP contribution in [0.2, 0.25) is 0 Å². The summed E-state index contributed by atoms with van der Waals surface area (Å²) in [7, 11) is 0. The van der Waals surface area contributed by atoms with E-state index in [0.717, 1.165) is 25.9 Å². The third kappa shape index (κ3) is 4.68. The molecular formula is C15H22N2O4. The van der Waals surface area contributed by atoms with Crippen molar-refractivity contribution in [2.75, 3.05) is 26.3 Å². The van der Waals surface area contributed by atoms with Gasteiger partial charge in [0.05, 0.1) is 11.0 Å². The Kier molecular flexibility index (Phi) is 5.95. The lowest BCUT2D eigenvalue weighted by atomic mass is 10.00. The molecule has 1 fully saturated rings. The third-order valence-electron chi connectivity index (χ3n) is 3.89. The molecule has 6 heteroatoms. The van der Waals surface area contributed by atoms with Gasteiger partial charge in [-0.2, -0.15) is 0 Å². The first-order valence-corrected chi connectivity index (χ1v) is 7.43. The zero-order chi connectivity index (χ0) is 15.1. The highest BCUT2D eigenvalue weighted by atomic mass is 16.6. The first kappa shape index (κ1) is 15.7. The van der Waals surface area contributed by atoms with Crippen molar-refractivity contribution >= 4 is 5.69 Å². The fourth-order valence-electron chi connectivity index (χ4n) is 2.80. The highest BCUT2D eigenvalue weighted by Crippen LogP contribution is 2.21. The number of benzene rings is 1. The summed E-state index contributed by atoms with van der Waals surface area (Å²) in [6.07, 6.45) is 4.32. The van der Waals surface area contributed by atoms with Crippen LogP contribution in [-0.2, 0) is 0 Å². The van der Waals surface area contributed by atoms with Crippen LogP contribution < -0.4 is 4.74 Å². The molecule has 6 nitrogen and oxygen atoms in total. The Morgan fingerprint density at radius 3 is 3.05 bits per heavy atom. The number of ether oxygens (including phenoxy) is 1. The molecule has 2 rings (SSSR count). The lowest BCUT2D eigenvalue weighted by Gasteiger charge is -2.35. The molecule has 1 unspecified atom stereocenters. The SMILES string of the molecule is O=[N+]([O-])c1cccc(OCCN2CCCCC2CCO)c1. The number of piperidine rings is 1. The van der Waals surface area contributed by atoms with Crippen molar-refractivity contribution in [3.63, 3.8) is 0 Å². The zero-order valence-corrected chi connectivity index (χ0v) is 12.1. The average Bonchev–Trinajstić information content (AvgIpc) is 2.49. The van der Waals surface area contributed by atoms with Crippen LogP contribution in [0.4, 0.5) is 5.69 Å². The van der Waals surface area contributed by atoms with E-state index in [1.807, 2.05) is 0 Å². The summed E-state index contributed by atoms with van der Waals surface area (Å²) in [6.45, 7) is 2.53. The molecule has 0 spiro atoms. The number of nitrogens with zero attached hydrogens (tertiary/aromatic N) is 2. The maximum absolute atomic E-state index is 10.7. The number of hydrogen-bond acceptors (Lipinski definition) is 5. The molecule has 0 aromatic heterocycles. The average molecular weight is 294 g/mol. The van der Waals surface area contributed by atoms with Crippen molar-refractivity contribution in [2.45, 2.75) is 31.7 Å². The van der Waals surface area contributed by atoms with Gasteiger partial charge in [-0.05, 0) is 31.9 Å². The van der Waals surface area contributed by atoms with E-state index in [-0.39, 0.29) is 12.3 Å². The van der Waals surface area contributed by atoms with Crippen molar-refractivity contribution in [1.82, 2.24) is 4.90 Å². The standard InChI is InChI=1S/C15H22N2O4/c18-10-7-13-4-1-2-8-16(13)9-11-21-15-6-3-5-14(12-15)17(19)20/h3,5-6,12-13,18H,1-2,4,7-11H2. The summed E-state index contributed by atoms with van der Waals surface area (Å²) in [5.74, 6) is 0.528. The van der Waals surface area contributed by atoms with Crippen LogP contribution in [0.1, 0.15) is 25.7 Å². The zero-order valence-electron chi connectivity index (χ0n) is 12.1. The monoisotopic (exact) mass is 294 g/mol. The van der Waals surface area contributed by atoms with Gasteiger partial charge in [-0.3, -0.25) is 15.0 Å². The maximum Gasteiger partial charge on any atom is 0.273 e. The molecule has 1 aliphatic rings. The number of nitro groups is 1. The van der Waals surface area contributed by atoms with E-state index in [2.05, 4.69) is 4.90 Å². The summed E-state index contributed by atoms with van der Waals surface area (Å²) in [6, 6.07) is 6.69. The normalized spacial score (nSPS) is 19.4. The van der Waals surface area contributed by atoms with Crippen LogP contribution in [-0.4, -0.2) is 47.3 Å². The van der Waals surface area contributed by atoms with Crippen LogP contribution in [0.3, 0.4) is 0 Å². The molecule has 1 heterocycles. The van der Waals surface area contributed by atoms with Gasteiger partial charge in [0.15, 0.2) is 0 Å². The van der Waals surface area contributed by atoms with Gasteiger partial charge in [-0.1, -0.05) is 12.5 Å². The van der Waals surface area contributed by atoms with Gasteiger partial charge in [0, 0.05) is 25.3 Å². The third-order valence-corrected chi connectivity index (χ3v) is 3.89. The van der Waals surface area contributed by atoms with Crippen molar-refractivity contribution in [3.8, 4) is 5.75 Å². The predicted octanol–water partition coefficient (Wildman–Crippen LogP) is 2.21. The fraction of sp³-hybridized carbons (Fsp3) is 0.600. The molecule has 1 aromatic carbocycles. The van der Waals surface area contributed by atoms with E-state index in [1.165, 1.54) is 25.0 Å². The van der Waals surface area contributed by atoms with Crippen molar-refractivity contribution in [1.29, 1.82) is 0 Å². The van der Waals surface area contributed by atoms with Gasteiger partial charge >= 0.3 is 0 Å². The Hall–Kier alpha value is -1.66. The number of aliphatic hydroxyl groups is 1. The number of hydrogen-bond donors (Lipinski definition) is 1. The van der Waals surface area contributed by atoms with Crippen LogP contribution in [0.15, 0.2) is 24.3 Å². The van der Waals surface area contributed by atoms with Gasteiger partial charge in [-0.25, -0.2) is 0 Å². The number of rotatable bonds is 7.